The van der Waals surface area contributed by atoms with E-state index < -0.39 is 0 Å². The molecule has 0 aliphatic carbocycles. The third-order valence-electron chi connectivity index (χ3n) is 5.17. The van der Waals surface area contributed by atoms with Crippen LogP contribution in [-0.4, -0.2) is 11.4 Å². The molecule has 1 aliphatic rings. The number of thioether (sulfide) groups is 1. The van der Waals surface area contributed by atoms with Gasteiger partial charge in [-0.2, -0.15) is 0 Å². The number of amides is 1. The Morgan fingerprint density at radius 3 is 2.45 bits per heavy atom. The van der Waals surface area contributed by atoms with E-state index in [-0.39, 0.29) is 11.4 Å². The number of carbonyl (C=O) groups is 1. The maximum atomic E-state index is 12.5. The van der Waals surface area contributed by atoms with Crippen LogP contribution in [0.2, 0.25) is 10.0 Å². The van der Waals surface area contributed by atoms with Crippen LogP contribution in [0.5, 0.6) is 5.75 Å². The summed E-state index contributed by atoms with van der Waals surface area (Å²) in [7, 11) is 0. The number of nitrogens with one attached hydrogen (secondary N) is 2. The minimum Gasteiger partial charge on any atom is -0.486 e. The Balaban J connectivity index is 1.44. The van der Waals surface area contributed by atoms with E-state index in [1.807, 2.05) is 37.3 Å². The number of rotatable bonds is 7. The summed E-state index contributed by atoms with van der Waals surface area (Å²) in [6.07, 6.45) is 2.77. The second-order valence-electron chi connectivity index (χ2n) is 7.77. The van der Waals surface area contributed by atoms with E-state index in [1.165, 1.54) is 17.3 Å². The highest BCUT2D eigenvalue weighted by Crippen LogP contribution is 2.37. The summed E-state index contributed by atoms with van der Waals surface area (Å²) in [5.41, 5.74) is 4.90. The van der Waals surface area contributed by atoms with Gasteiger partial charge in [-0.05, 0) is 60.4 Å². The van der Waals surface area contributed by atoms with E-state index in [1.54, 1.807) is 18.2 Å². The van der Waals surface area contributed by atoms with Gasteiger partial charge in [0.05, 0.1) is 15.0 Å². The molecule has 3 aromatic carbocycles. The van der Waals surface area contributed by atoms with Crippen LogP contribution in [0, 0.1) is 6.92 Å². The second-order valence-corrected chi connectivity index (χ2v) is 9.73. The zero-order valence-electron chi connectivity index (χ0n) is 18.3. The van der Waals surface area contributed by atoms with Gasteiger partial charge in [-0.15, -0.1) is 0 Å². The first-order valence-electron chi connectivity index (χ1n) is 10.6. The van der Waals surface area contributed by atoms with Gasteiger partial charge >= 0.3 is 0 Å². The van der Waals surface area contributed by atoms with Crippen molar-refractivity contribution in [3.05, 3.63) is 97.9 Å². The summed E-state index contributed by atoms with van der Waals surface area (Å²) in [6.45, 7) is 4.52. The topological polar surface area (TPSA) is 50.4 Å². The van der Waals surface area contributed by atoms with E-state index in [0.29, 0.717) is 27.3 Å². The van der Waals surface area contributed by atoms with Crippen LogP contribution < -0.4 is 15.4 Å². The lowest BCUT2D eigenvalue weighted by Crippen LogP contribution is -2.30. The van der Waals surface area contributed by atoms with Gasteiger partial charge in [0.1, 0.15) is 6.61 Å². The molecular weight excluding hydrogens is 475 g/mol. The quantitative estimate of drug-likeness (QED) is 0.342. The minimum absolute atomic E-state index is 0.144. The first-order valence-corrected chi connectivity index (χ1v) is 12.3. The zero-order valence-corrected chi connectivity index (χ0v) is 20.7. The van der Waals surface area contributed by atoms with Crippen LogP contribution in [0.1, 0.15) is 29.2 Å². The Morgan fingerprint density at radius 1 is 1.06 bits per heavy atom. The molecule has 4 rings (SSSR count). The largest absolute Gasteiger partial charge is 0.486 e. The summed E-state index contributed by atoms with van der Waals surface area (Å²) < 4.78 is 5.88. The average Bonchev–Trinajstić information content (AvgIpc) is 3.12. The maximum absolute atomic E-state index is 12.5. The monoisotopic (exact) mass is 498 g/mol. The lowest BCUT2D eigenvalue weighted by molar-refractivity contribution is -0.116. The third kappa shape index (κ3) is 6.05. The number of aryl methyl sites for hydroxylation is 2. The molecular formula is C26H24Cl2N2O2S. The summed E-state index contributed by atoms with van der Waals surface area (Å²) >= 11 is 14.3. The van der Waals surface area contributed by atoms with E-state index >= 15 is 0 Å². The molecule has 1 saturated heterocycles. The smallest absolute Gasteiger partial charge is 0.260 e. The average molecular weight is 499 g/mol. The van der Waals surface area contributed by atoms with E-state index in [0.717, 1.165) is 28.8 Å². The van der Waals surface area contributed by atoms with Crippen LogP contribution in [0.3, 0.4) is 0 Å². The Kier molecular flexibility index (Phi) is 7.53. The number of anilines is 1. The van der Waals surface area contributed by atoms with E-state index in [4.69, 9.17) is 27.9 Å². The van der Waals surface area contributed by atoms with Crippen molar-refractivity contribution in [3.8, 4) is 5.75 Å². The molecule has 7 heteroatoms. The number of benzene rings is 3. The lowest BCUT2D eigenvalue weighted by atomic mass is 10.1. The van der Waals surface area contributed by atoms with Crippen LogP contribution >= 0.6 is 35.0 Å². The Hall–Kier alpha value is -2.60. The summed E-state index contributed by atoms with van der Waals surface area (Å²) in [4.78, 5) is 13.1. The fourth-order valence-corrected chi connectivity index (χ4v) is 5.06. The van der Waals surface area contributed by atoms with Gasteiger partial charge in [0.15, 0.2) is 11.2 Å². The fraction of sp³-hybridized carbons (Fsp3) is 0.192. The van der Waals surface area contributed by atoms with E-state index in [2.05, 4.69) is 35.8 Å². The molecule has 1 amide bonds. The molecule has 0 spiro atoms. The van der Waals surface area contributed by atoms with Crippen molar-refractivity contribution >= 4 is 52.6 Å². The molecule has 0 aromatic heterocycles. The Labute approximate surface area is 208 Å². The van der Waals surface area contributed by atoms with Crippen molar-refractivity contribution in [3.63, 3.8) is 0 Å². The van der Waals surface area contributed by atoms with Gasteiger partial charge in [-0.1, -0.05) is 83.8 Å². The molecule has 3 aromatic rings. The molecule has 4 nitrogen and oxygen atoms in total. The van der Waals surface area contributed by atoms with Crippen molar-refractivity contribution in [2.24, 2.45) is 0 Å². The van der Waals surface area contributed by atoms with Crippen LogP contribution in [0.15, 0.2) is 65.6 Å². The van der Waals surface area contributed by atoms with Gasteiger partial charge < -0.3 is 15.4 Å². The predicted octanol–water partition coefficient (Wildman–Crippen LogP) is 7.04. The molecule has 1 fully saturated rings. The van der Waals surface area contributed by atoms with E-state index in [9.17, 15) is 4.79 Å². The van der Waals surface area contributed by atoms with Crippen molar-refractivity contribution in [2.45, 2.75) is 32.4 Å². The molecule has 0 bridgehead atoms. The second kappa shape index (κ2) is 10.6. The van der Waals surface area contributed by atoms with Gasteiger partial charge in [-0.25, -0.2) is 0 Å². The molecule has 1 heterocycles. The Morgan fingerprint density at radius 2 is 1.79 bits per heavy atom. The number of hydrogen-bond donors (Lipinski definition) is 2. The molecule has 0 unspecified atom stereocenters. The summed E-state index contributed by atoms with van der Waals surface area (Å²) in [5, 5.41) is 7.06. The summed E-state index contributed by atoms with van der Waals surface area (Å²) in [5.74, 6) is 0.287. The molecule has 0 saturated carbocycles. The standard InChI is InChI=1S/C26H24Cl2N2O2S/c1-3-17-7-9-20(10-8-17)29-26-30-25(31)23(33-26)14-19-12-21(27)24(22(28)13-19)32-15-18-6-4-5-16(2)11-18/h4-14,26,29H,3,15H2,1-2H3,(H,30,31)/b23-14-/t26-/m1/s1. The Bertz CT molecular complexity index is 1170. The molecule has 1 aliphatic heterocycles. The predicted molar refractivity (Wildman–Crippen MR) is 139 cm³/mol. The highest BCUT2D eigenvalue weighted by molar-refractivity contribution is 8.05. The number of ether oxygens (including phenoxy) is 1. The number of hydrogen-bond acceptors (Lipinski definition) is 4. The highest BCUT2D eigenvalue weighted by atomic mass is 35.5. The van der Waals surface area contributed by atoms with Crippen LogP contribution in [0.25, 0.3) is 6.08 Å². The molecule has 2 N–H and O–H groups in total. The molecule has 33 heavy (non-hydrogen) atoms. The lowest BCUT2D eigenvalue weighted by Gasteiger charge is -2.13. The first kappa shape index (κ1) is 23.6. The first-order chi connectivity index (χ1) is 15.9. The highest BCUT2D eigenvalue weighted by Gasteiger charge is 2.27. The minimum atomic E-state index is -0.251. The molecule has 170 valence electrons. The van der Waals surface area contributed by atoms with Crippen molar-refractivity contribution in [1.82, 2.24) is 5.32 Å². The fourth-order valence-electron chi connectivity index (χ4n) is 3.46. The SMILES string of the molecule is CCc1ccc(N[C@@H]2NC(=O)/C(=C/c3cc(Cl)c(OCc4cccc(C)c4)c(Cl)c3)S2)cc1. The number of halogens is 2. The van der Waals surface area contributed by atoms with Crippen LogP contribution in [0.4, 0.5) is 5.69 Å². The van der Waals surface area contributed by atoms with Crippen molar-refractivity contribution < 1.29 is 9.53 Å². The van der Waals surface area contributed by atoms with Gasteiger partial charge in [-0.3, -0.25) is 4.79 Å². The zero-order chi connectivity index (χ0) is 23.4. The van der Waals surface area contributed by atoms with Crippen LogP contribution in [-0.2, 0) is 17.8 Å². The summed E-state index contributed by atoms with van der Waals surface area (Å²) in [6, 6.07) is 19.8. The number of carbonyl (C=O) groups excluding carboxylic acids is 1. The van der Waals surface area contributed by atoms with Crippen molar-refractivity contribution in [1.29, 1.82) is 0 Å². The van der Waals surface area contributed by atoms with Gasteiger partial charge in [0.2, 0.25) is 0 Å². The van der Waals surface area contributed by atoms with Gasteiger partial charge in [0.25, 0.3) is 5.91 Å². The maximum Gasteiger partial charge on any atom is 0.260 e. The molecule has 1 atom stereocenters. The molecule has 0 radical (unpaired) electrons. The van der Waals surface area contributed by atoms with Crippen molar-refractivity contribution in [2.75, 3.05) is 5.32 Å². The normalized spacial score (nSPS) is 16.7. The van der Waals surface area contributed by atoms with Gasteiger partial charge in [0, 0.05) is 5.69 Å². The third-order valence-corrected chi connectivity index (χ3v) is 6.76.